The Morgan fingerprint density at radius 1 is 1.11 bits per heavy atom. The molecule has 2 aromatic carbocycles. The van der Waals surface area contributed by atoms with Gasteiger partial charge in [-0.05, 0) is 12.1 Å². The SMILES string of the molecule is Nc1nc2ccc(/C(=N/O)c3ccccc3)cc2s1. The second-order valence-electron chi connectivity index (χ2n) is 4.05. The van der Waals surface area contributed by atoms with E-state index in [4.69, 9.17) is 5.73 Å². The molecule has 4 nitrogen and oxygen atoms in total. The van der Waals surface area contributed by atoms with E-state index in [0.717, 1.165) is 21.3 Å². The van der Waals surface area contributed by atoms with Crippen LogP contribution in [0.3, 0.4) is 0 Å². The third-order valence-electron chi connectivity index (χ3n) is 2.83. The number of hydrogen-bond donors (Lipinski definition) is 2. The zero-order valence-electron chi connectivity index (χ0n) is 9.95. The summed E-state index contributed by atoms with van der Waals surface area (Å²) in [7, 11) is 0. The Kier molecular flexibility index (Phi) is 2.89. The highest BCUT2D eigenvalue weighted by molar-refractivity contribution is 7.22. The van der Waals surface area contributed by atoms with Crippen molar-refractivity contribution in [1.82, 2.24) is 4.98 Å². The molecule has 19 heavy (non-hydrogen) atoms. The van der Waals surface area contributed by atoms with Gasteiger partial charge in [0.25, 0.3) is 0 Å². The van der Waals surface area contributed by atoms with Gasteiger partial charge in [-0.15, -0.1) is 0 Å². The van der Waals surface area contributed by atoms with Gasteiger partial charge in [0.15, 0.2) is 5.13 Å². The van der Waals surface area contributed by atoms with Crippen LogP contribution < -0.4 is 5.73 Å². The predicted octanol–water partition coefficient (Wildman–Crippen LogP) is 3.11. The lowest BCUT2D eigenvalue weighted by molar-refractivity contribution is 0.319. The van der Waals surface area contributed by atoms with E-state index in [1.54, 1.807) is 0 Å². The number of oxime groups is 1. The fourth-order valence-electron chi connectivity index (χ4n) is 1.97. The molecule has 3 rings (SSSR count). The Balaban J connectivity index is 2.12. The summed E-state index contributed by atoms with van der Waals surface area (Å²) in [5.74, 6) is 0. The molecule has 0 amide bonds. The molecule has 0 aliphatic carbocycles. The number of rotatable bonds is 2. The minimum Gasteiger partial charge on any atom is -0.410 e. The van der Waals surface area contributed by atoms with Gasteiger partial charge in [-0.2, -0.15) is 0 Å². The highest BCUT2D eigenvalue weighted by Crippen LogP contribution is 2.25. The Bertz CT molecular complexity index is 750. The van der Waals surface area contributed by atoms with Gasteiger partial charge < -0.3 is 10.9 Å². The number of fused-ring (bicyclic) bond motifs is 1. The fraction of sp³-hybridized carbons (Fsp3) is 0. The molecule has 0 bridgehead atoms. The van der Waals surface area contributed by atoms with E-state index in [-0.39, 0.29) is 0 Å². The third-order valence-corrected chi connectivity index (χ3v) is 3.67. The van der Waals surface area contributed by atoms with Gasteiger partial charge in [0, 0.05) is 11.1 Å². The van der Waals surface area contributed by atoms with Gasteiger partial charge in [0.05, 0.1) is 10.2 Å². The summed E-state index contributed by atoms with van der Waals surface area (Å²) in [4.78, 5) is 4.21. The molecule has 3 N–H and O–H groups in total. The van der Waals surface area contributed by atoms with Gasteiger partial charge >= 0.3 is 0 Å². The molecule has 0 saturated carbocycles. The van der Waals surface area contributed by atoms with E-state index in [9.17, 15) is 5.21 Å². The van der Waals surface area contributed by atoms with Crippen LogP contribution >= 0.6 is 11.3 Å². The van der Waals surface area contributed by atoms with Gasteiger partial charge in [0.1, 0.15) is 5.71 Å². The lowest BCUT2D eigenvalue weighted by Crippen LogP contribution is -2.02. The summed E-state index contributed by atoms with van der Waals surface area (Å²) in [5, 5.41) is 13.2. The standard InChI is InChI=1S/C14H11N3OS/c15-14-16-11-7-6-10(8-12(11)19-14)13(17-18)9-4-2-1-3-5-9/h1-8,18H,(H2,15,16)/b17-13+. The molecule has 0 radical (unpaired) electrons. The molecule has 0 atom stereocenters. The first kappa shape index (κ1) is 11.7. The van der Waals surface area contributed by atoms with Crippen molar-refractivity contribution in [2.75, 3.05) is 5.73 Å². The summed E-state index contributed by atoms with van der Waals surface area (Å²) >= 11 is 1.42. The number of anilines is 1. The summed E-state index contributed by atoms with van der Waals surface area (Å²) in [5.41, 5.74) is 8.78. The summed E-state index contributed by atoms with van der Waals surface area (Å²) < 4.78 is 0.979. The van der Waals surface area contributed by atoms with Crippen molar-refractivity contribution in [1.29, 1.82) is 0 Å². The Morgan fingerprint density at radius 2 is 1.89 bits per heavy atom. The van der Waals surface area contributed by atoms with Gasteiger partial charge in [-0.3, -0.25) is 0 Å². The lowest BCUT2D eigenvalue weighted by Gasteiger charge is -2.04. The van der Waals surface area contributed by atoms with Crippen molar-refractivity contribution in [3.8, 4) is 0 Å². The van der Waals surface area contributed by atoms with Crippen molar-refractivity contribution < 1.29 is 5.21 Å². The predicted molar refractivity (Wildman–Crippen MR) is 77.9 cm³/mol. The van der Waals surface area contributed by atoms with Crippen LogP contribution in [0.2, 0.25) is 0 Å². The molecule has 5 heteroatoms. The molecule has 1 aromatic heterocycles. The molecule has 0 unspecified atom stereocenters. The summed E-state index contributed by atoms with van der Waals surface area (Å²) in [6.07, 6.45) is 0. The molecule has 0 fully saturated rings. The normalized spacial score (nSPS) is 11.9. The van der Waals surface area contributed by atoms with E-state index in [1.165, 1.54) is 11.3 Å². The largest absolute Gasteiger partial charge is 0.410 e. The van der Waals surface area contributed by atoms with Crippen molar-refractivity contribution in [2.45, 2.75) is 0 Å². The average Bonchev–Trinajstić information content (AvgIpc) is 2.80. The van der Waals surface area contributed by atoms with Crippen LogP contribution in [-0.4, -0.2) is 15.9 Å². The molecule has 1 heterocycles. The summed E-state index contributed by atoms with van der Waals surface area (Å²) in [6, 6.07) is 15.2. The van der Waals surface area contributed by atoms with Crippen molar-refractivity contribution in [3.63, 3.8) is 0 Å². The molecular formula is C14H11N3OS. The monoisotopic (exact) mass is 269 g/mol. The minimum absolute atomic E-state index is 0.536. The highest BCUT2D eigenvalue weighted by Gasteiger charge is 2.09. The smallest absolute Gasteiger partial charge is 0.181 e. The molecule has 0 spiro atoms. The maximum atomic E-state index is 9.26. The Hall–Kier alpha value is -2.40. The first-order valence-electron chi connectivity index (χ1n) is 5.72. The maximum absolute atomic E-state index is 9.26. The van der Waals surface area contributed by atoms with Crippen molar-refractivity contribution in [2.24, 2.45) is 5.16 Å². The number of hydrogen-bond acceptors (Lipinski definition) is 5. The van der Waals surface area contributed by atoms with Crippen LogP contribution in [0.25, 0.3) is 10.2 Å². The molecule has 0 aliphatic heterocycles. The van der Waals surface area contributed by atoms with E-state index >= 15 is 0 Å². The third kappa shape index (κ3) is 2.15. The molecule has 3 aromatic rings. The molecule has 94 valence electrons. The second kappa shape index (κ2) is 4.70. The van der Waals surface area contributed by atoms with Crippen LogP contribution in [0.4, 0.5) is 5.13 Å². The second-order valence-corrected chi connectivity index (χ2v) is 5.11. The number of nitrogens with zero attached hydrogens (tertiary/aromatic N) is 2. The van der Waals surface area contributed by atoms with E-state index in [0.29, 0.717) is 10.8 Å². The van der Waals surface area contributed by atoms with Gasteiger partial charge in [-0.25, -0.2) is 4.98 Å². The van der Waals surface area contributed by atoms with Gasteiger partial charge in [-0.1, -0.05) is 52.9 Å². The van der Waals surface area contributed by atoms with Crippen LogP contribution in [-0.2, 0) is 0 Å². The number of nitrogen functional groups attached to an aromatic ring is 1. The first-order chi connectivity index (χ1) is 9.28. The number of aromatic nitrogens is 1. The Morgan fingerprint density at radius 3 is 2.63 bits per heavy atom. The number of nitrogens with two attached hydrogens (primary N) is 1. The summed E-state index contributed by atoms with van der Waals surface area (Å²) in [6.45, 7) is 0. The van der Waals surface area contributed by atoms with Crippen molar-refractivity contribution in [3.05, 3.63) is 59.7 Å². The molecular weight excluding hydrogens is 258 g/mol. The number of thiazole rings is 1. The zero-order valence-corrected chi connectivity index (χ0v) is 10.8. The van der Waals surface area contributed by atoms with Crippen LogP contribution in [0.1, 0.15) is 11.1 Å². The van der Waals surface area contributed by atoms with Crippen LogP contribution in [0.15, 0.2) is 53.7 Å². The van der Waals surface area contributed by atoms with Crippen molar-refractivity contribution >= 4 is 32.4 Å². The maximum Gasteiger partial charge on any atom is 0.181 e. The minimum atomic E-state index is 0.536. The highest BCUT2D eigenvalue weighted by atomic mass is 32.1. The topological polar surface area (TPSA) is 71.5 Å². The molecule has 0 aliphatic rings. The number of benzene rings is 2. The average molecular weight is 269 g/mol. The fourth-order valence-corrected chi connectivity index (χ4v) is 2.74. The van der Waals surface area contributed by atoms with E-state index in [2.05, 4.69) is 10.1 Å². The van der Waals surface area contributed by atoms with Gasteiger partial charge in [0.2, 0.25) is 0 Å². The van der Waals surface area contributed by atoms with E-state index in [1.807, 2.05) is 48.5 Å². The van der Waals surface area contributed by atoms with E-state index < -0.39 is 0 Å². The first-order valence-corrected chi connectivity index (χ1v) is 6.53. The van der Waals surface area contributed by atoms with Crippen LogP contribution in [0, 0.1) is 0 Å². The quantitative estimate of drug-likeness (QED) is 0.426. The zero-order chi connectivity index (χ0) is 13.2. The van der Waals surface area contributed by atoms with Crippen LogP contribution in [0.5, 0.6) is 0 Å². The molecule has 0 saturated heterocycles. The lowest BCUT2D eigenvalue weighted by atomic mass is 10.0. The Labute approximate surface area is 113 Å².